The standard InChI is InChI=1S/C15H18N2O2S/c1-10-6-7-14(20-10)11(2)17-12-4-3-5-13(8-12)19-9-15(16)18/h3-8,11,17H,9H2,1-2H3,(H2,16,18). The third-order valence-electron chi connectivity index (χ3n) is 2.79. The smallest absolute Gasteiger partial charge is 0.255 e. The van der Waals surface area contributed by atoms with Gasteiger partial charge >= 0.3 is 0 Å². The maximum absolute atomic E-state index is 10.7. The first-order chi connectivity index (χ1) is 9.54. The van der Waals surface area contributed by atoms with E-state index in [9.17, 15) is 4.79 Å². The lowest BCUT2D eigenvalue weighted by atomic mass is 10.2. The van der Waals surface area contributed by atoms with Crippen LogP contribution in [0.5, 0.6) is 5.75 Å². The van der Waals surface area contributed by atoms with Gasteiger partial charge in [0.25, 0.3) is 5.91 Å². The minimum Gasteiger partial charge on any atom is -0.484 e. The third-order valence-corrected chi connectivity index (χ3v) is 3.97. The minimum absolute atomic E-state index is 0.108. The highest BCUT2D eigenvalue weighted by Gasteiger charge is 2.08. The SMILES string of the molecule is Cc1ccc(C(C)Nc2cccc(OCC(N)=O)c2)s1. The summed E-state index contributed by atoms with van der Waals surface area (Å²) >= 11 is 1.78. The summed E-state index contributed by atoms with van der Waals surface area (Å²) in [6.07, 6.45) is 0. The van der Waals surface area contributed by atoms with E-state index in [1.807, 2.05) is 18.2 Å². The molecule has 2 rings (SSSR count). The molecule has 0 radical (unpaired) electrons. The molecule has 1 atom stereocenters. The van der Waals surface area contributed by atoms with Crippen molar-refractivity contribution in [2.24, 2.45) is 5.73 Å². The lowest BCUT2D eigenvalue weighted by molar-refractivity contribution is -0.119. The zero-order valence-corrected chi connectivity index (χ0v) is 12.4. The number of benzene rings is 1. The maximum Gasteiger partial charge on any atom is 0.255 e. The number of hydrogen-bond acceptors (Lipinski definition) is 4. The predicted molar refractivity (Wildman–Crippen MR) is 82.2 cm³/mol. The highest BCUT2D eigenvalue weighted by molar-refractivity contribution is 7.12. The van der Waals surface area contributed by atoms with Crippen LogP contribution in [0.15, 0.2) is 36.4 Å². The van der Waals surface area contributed by atoms with Crippen LogP contribution in [0, 0.1) is 6.92 Å². The number of nitrogens with two attached hydrogens (primary N) is 1. The van der Waals surface area contributed by atoms with Gasteiger partial charge in [0.2, 0.25) is 0 Å². The van der Waals surface area contributed by atoms with Crippen molar-refractivity contribution in [3.63, 3.8) is 0 Å². The molecule has 0 fully saturated rings. The second-order valence-electron chi connectivity index (χ2n) is 4.60. The molecule has 1 unspecified atom stereocenters. The molecule has 0 spiro atoms. The van der Waals surface area contributed by atoms with E-state index in [2.05, 4.69) is 31.3 Å². The van der Waals surface area contributed by atoms with Crippen LogP contribution < -0.4 is 15.8 Å². The fourth-order valence-corrected chi connectivity index (χ4v) is 2.72. The summed E-state index contributed by atoms with van der Waals surface area (Å²) in [7, 11) is 0. The van der Waals surface area contributed by atoms with E-state index in [-0.39, 0.29) is 12.6 Å². The Labute approximate surface area is 122 Å². The zero-order valence-electron chi connectivity index (χ0n) is 11.6. The van der Waals surface area contributed by atoms with Gasteiger partial charge in [0.05, 0.1) is 6.04 Å². The number of carbonyl (C=O) groups excluding carboxylic acids is 1. The van der Waals surface area contributed by atoms with Gasteiger partial charge in [-0.3, -0.25) is 4.79 Å². The molecule has 2 aromatic rings. The van der Waals surface area contributed by atoms with Crippen molar-refractivity contribution in [2.45, 2.75) is 19.9 Å². The Hall–Kier alpha value is -2.01. The van der Waals surface area contributed by atoms with E-state index in [0.717, 1.165) is 5.69 Å². The van der Waals surface area contributed by atoms with Crippen LogP contribution in [0.25, 0.3) is 0 Å². The number of nitrogens with one attached hydrogen (secondary N) is 1. The largest absolute Gasteiger partial charge is 0.484 e. The van der Waals surface area contributed by atoms with Crippen molar-refractivity contribution in [3.05, 3.63) is 46.2 Å². The fraction of sp³-hybridized carbons (Fsp3) is 0.267. The van der Waals surface area contributed by atoms with E-state index in [0.29, 0.717) is 5.75 Å². The Morgan fingerprint density at radius 1 is 1.40 bits per heavy atom. The molecule has 1 heterocycles. The Kier molecular flexibility index (Phi) is 4.63. The molecule has 0 aliphatic carbocycles. The Bertz CT molecular complexity index is 595. The van der Waals surface area contributed by atoms with Crippen molar-refractivity contribution in [1.82, 2.24) is 0 Å². The van der Waals surface area contributed by atoms with Gasteiger partial charge in [0.1, 0.15) is 5.75 Å². The van der Waals surface area contributed by atoms with E-state index in [4.69, 9.17) is 10.5 Å². The van der Waals surface area contributed by atoms with Crippen LogP contribution in [0.1, 0.15) is 22.7 Å². The summed E-state index contributed by atoms with van der Waals surface area (Å²) in [5.74, 6) is 0.147. The van der Waals surface area contributed by atoms with Crippen molar-refractivity contribution in [3.8, 4) is 5.75 Å². The molecule has 20 heavy (non-hydrogen) atoms. The molecule has 4 nitrogen and oxygen atoms in total. The van der Waals surface area contributed by atoms with Crippen LogP contribution in [-0.4, -0.2) is 12.5 Å². The van der Waals surface area contributed by atoms with Crippen molar-refractivity contribution >= 4 is 22.9 Å². The van der Waals surface area contributed by atoms with Crippen LogP contribution >= 0.6 is 11.3 Å². The highest BCUT2D eigenvalue weighted by Crippen LogP contribution is 2.27. The average Bonchev–Trinajstić information content (AvgIpc) is 2.84. The topological polar surface area (TPSA) is 64.3 Å². The maximum atomic E-state index is 10.7. The molecule has 5 heteroatoms. The fourth-order valence-electron chi connectivity index (χ4n) is 1.84. The molecule has 1 aromatic carbocycles. The number of amides is 1. The predicted octanol–water partition coefficient (Wildman–Crippen LogP) is 3.09. The van der Waals surface area contributed by atoms with Gasteiger partial charge in [-0.2, -0.15) is 0 Å². The average molecular weight is 290 g/mol. The number of carbonyl (C=O) groups is 1. The monoisotopic (exact) mass is 290 g/mol. The number of ether oxygens (including phenoxy) is 1. The normalized spacial score (nSPS) is 11.9. The van der Waals surface area contributed by atoms with Crippen LogP contribution in [-0.2, 0) is 4.79 Å². The van der Waals surface area contributed by atoms with E-state index >= 15 is 0 Å². The van der Waals surface area contributed by atoms with Gasteiger partial charge in [0, 0.05) is 21.5 Å². The van der Waals surface area contributed by atoms with Gasteiger partial charge in [-0.05, 0) is 38.1 Å². The number of thiophene rings is 1. The molecule has 0 saturated carbocycles. The molecule has 1 amide bonds. The van der Waals surface area contributed by atoms with Crippen LogP contribution in [0.2, 0.25) is 0 Å². The van der Waals surface area contributed by atoms with Gasteiger partial charge in [-0.25, -0.2) is 0 Å². The summed E-state index contributed by atoms with van der Waals surface area (Å²) in [4.78, 5) is 13.3. The molecular formula is C15H18N2O2S. The Balaban J connectivity index is 2.02. The first-order valence-corrected chi connectivity index (χ1v) is 7.20. The van der Waals surface area contributed by atoms with Gasteiger partial charge in [-0.15, -0.1) is 11.3 Å². The number of aryl methyl sites for hydroxylation is 1. The summed E-state index contributed by atoms with van der Waals surface area (Å²) in [5, 5.41) is 3.41. The van der Waals surface area contributed by atoms with E-state index in [1.54, 1.807) is 17.4 Å². The molecule has 0 saturated heterocycles. The lowest BCUT2D eigenvalue weighted by Crippen LogP contribution is -2.20. The van der Waals surface area contributed by atoms with Crippen LogP contribution in [0.3, 0.4) is 0 Å². The van der Waals surface area contributed by atoms with Gasteiger partial charge < -0.3 is 15.8 Å². The first kappa shape index (κ1) is 14.4. The zero-order chi connectivity index (χ0) is 14.5. The molecule has 0 bridgehead atoms. The summed E-state index contributed by atoms with van der Waals surface area (Å²) in [5.41, 5.74) is 6.01. The van der Waals surface area contributed by atoms with Crippen molar-refractivity contribution in [2.75, 3.05) is 11.9 Å². The van der Waals surface area contributed by atoms with Crippen molar-refractivity contribution < 1.29 is 9.53 Å². The highest BCUT2D eigenvalue weighted by atomic mass is 32.1. The number of anilines is 1. The summed E-state index contributed by atoms with van der Waals surface area (Å²) in [6.45, 7) is 4.10. The van der Waals surface area contributed by atoms with Gasteiger partial charge in [0.15, 0.2) is 6.61 Å². The third kappa shape index (κ3) is 3.99. The molecule has 3 N–H and O–H groups in total. The van der Waals surface area contributed by atoms with E-state index in [1.165, 1.54) is 9.75 Å². The second kappa shape index (κ2) is 6.43. The first-order valence-electron chi connectivity index (χ1n) is 6.38. The van der Waals surface area contributed by atoms with E-state index < -0.39 is 5.91 Å². The number of primary amides is 1. The lowest BCUT2D eigenvalue weighted by Gasteiger charge is -2.14. The molecular weight excluding hydrogens is 272 g/mol. The van der Waals surface area contributed by atoms with Crippen molar-refractivity contribution in [1.29, 1.82) is 0 Å². The Morgan fingerprint density at radius 2 is 2.20 bits per heavy atom. The molecule has 106 valence electrons. The Morgan fingerprint density at radius 3 is 2.85 bits per heavy atom. The minimum atomic E-state index is -0.481. The molecule has 1 aromatic heterocycles. The molecule has 0 aliphatic rings. The summed E-state index contributed by atoms with van der Waals surface area (Å²) < 4.78 is 5.29. The van der Waals surface area contributed by atoms with Crippen LogP contribution in [0.4, 0.5) is 5.69 Å². The number of hydrogen-bond donors (Lipinski definition) is 2. The quantitative estimate of drug-likeness (QED) is 0.859. The van der Waals surface area contributed by atoms with Gasteiger partial charge in [-0.1, -0.05) is 6.07 Å². The molecule has 0 aliphatic heterocycles. The number of rotatable bonds is 6. The summed E-state index contributed by atoms with van der Waals surface area (Å²) in [6, 6.07) is 12.0. The second-order valence-corrected chi connectivity index (χ2v) is 5.92.